The summed E-state index contributed by atoms with van der Waals surface area (Å²) in [6.07, 6.45) is 7.67. The number of pyridine rings is 2. The normalized spacial score (nSPS) is 15.9. The van der Waals surface area contributed by atoms with E-state index < -0.39 is 11.2 Å². The second-order valence-electron chi connectivity index (χ2n) is 7.37. The number of hydrogen-bond donors (Lipinski definition) is 0. The third kappa shape index (κ3) is 3.64. The molecule has 1 aliphatic heterocycles. The largest absolute Gasteiger partial charge is 0.611 e. The highest BCUT2D eigenvalue weighted by molar-refractivity contribution is 7.91. The minimum absolute atomic E-state index is 0.679. The van der Waals surface area contributed by atoms with E-state index in [1.54, 1.807) is 10.7 Å². The van der Waals surface area contributed by atoms with Gasteiger partial charge in [0.25, 0.3) is 0 Å². The molecular weight excluding hydrogens is 400 g/mol. The quantitative estimate of drug-likeness (QED) is 0.443. The highest BCUT2D eigenvalue weighted by atomic mass is 32.2. The number of anilines is 1. The Bertz CT molecular complexity index is 1170. The fourth-order valence-electron chi connectivity index (χ4n) is 3.63. The molecule has 4 aromatic heterocycles. The number of unbranched alkanes of at least 4 members (excludes halogenated alkanes) is 1. The zero-order valence-electron chi connectivity index (χ0n) is 16.9. The van der Waals surface area contributed by atoms with Gasteiger partial charge in [0.1, 0.15) is 11.4 Å². The summed E-state index contributed by atoms with van der Waals surface area (Å²) in [6.45, 7) is 5.12. The third-order valence-electron chi connectivity index (χ3n) is 5.32. The van der Waals surface area contributed by atoms with Gasteiger partial charge in [0, 0.05) is 30.7 Å². The molecule has 1 unspecified atom stereocenters. The summed E-state index contributed by atoms with van der Waals surface area (Å²) >= 11 is -1.00. The van der Waals surface area contributed by atoms with Gasteiger partial charge in [0.2, 0.25) is 5.95 Å². The molecule has 5 rings (SSSR count). The summed E-state index contributed by atoms with van der Waals surface area (Å²) < 4.78 is 21.7. The van der Waals surface area contributed by atoms with E-state index in [-0.39, 0.29) is 0 Å². The molecule has 0 spiro atoms. The van der Waals surface area contributed by atoms with Crippen molar-refractivity contribution in [3.05, 3.63) is 42.9 Å². The molecule has 156 valence electrons. The zero-order valence-corrected chi connectivity index (χ0v) is 17.7. The van der Waals surface area contributed by atoms with Crippen molar-refractivity contribution in [1.82, 2.24) is 24.1 Å². The van der Waals surface area contributed by atoms with E-state index in [0.717, 1.165) is 59.1 Å². The van der Waals surface area contributed by atoms with Crippen molar-refractivity contribution in [3.8, 4) is 5.69 Å². The molecule has 0 saturated carbocycles. The molecule has 1 saturated heterocycles. The number of nitrogens with zero attached hydrogens (tertiary/aromatic N) is 6. The molecule has 0 aromatic carbocycles. The summed E-state index contributed by atoms with van der Waals surface area (Å²) in [4.78, 5) is 12.2. The number of hydrogen-bond acceptors (Lipinski definition) is 6. The van der Waals surface area contributed by atoms with E-state index in [1.807, 2.05) is 41.2 Å². The fraction of sp³-hybridized carbons (Fsp3) is 0.381. The topological polar surface area (TPSA) is 83.5 Å². The maximum absolute atomic E-state index is 12.4. The van der Waals surface area contributed by atoms with Gasteiger partial charge in [-0.2, -0.15) is 4.98 Å². The van der Waals surface area contributed by atoms with Crippen LogP contribution in [0.5, 0.6) is 0 Å². The van der Waals surface area contributed by atoms with E-state index in [9.17, 15) is 4.55 Å². The Balaban J connectivity index is 1.45. The predicted octanol–water partition coefficient (Wildman–Crippen LogP) is 2.81. The van der Waals surface area contributed by atoms with Crippen molar-refractivity contribution in [2.24, 2.45) is 0 Å². The van der Waals surface area contributed by atoms with E-state index in [0.29, 0.717) is 19.0 Å². The van der Waals surface area contributed by atoms with Gasteiger partial charge < -0.3 is 14.2 Å². The summed E-state index contributed by atoms with van der Waals surface area (Å²) in [5.74, 6) is 1.41. The molecule has 9 heteroatoms. The van der Waals surface area contributed by atoms with Crippen LogP contribution < -0.4 is 4.90 Å². The first-order chi connectivity index (χ1) is 14.7. The third-order valence-corrected chi connectivity index (χ3v) is 6.73. The molecule has 4 aromatic rings. The van der Waals surface area contributed by atoms with Crippen molar-refractivity contribution in [2.75, 3.05) is 37.0 Å². The molecule has 8 nitrogen and oxygen atoms in total. The van der Waals surface area contributed by atoms with Crippen LogP contribution in [-0.2, 0) is 15.9 Å². The number of morpholine rings is 1. The van der Waals surface area contributed by atoms with Crippen LogP contribution in [0.4, 0.5) is 5.95 Å². The van der Waals surface area contributed by atoms with Gasteiger partial charge in [0.15, 0.2) is 10.5 Å². The lowest BCUT2D eigenvalue weighted by Gasteiger charge is -2.25. The molecule has 0 radical (unpaired) electrons. The average molecular weight is 425 g/mol. The Hall–Kier alpha value is -2.62. The van der Waals surface area contributed by atoms with Gasteiger partial charge >= 0.3 is 0 Å². The van der Waals surface area contributed by atoms with Gasteiger partial charge in [-0.25, -0.2) is 9.50 Å². The first-order valence-corrected chi connectivity index (χ1v) is 11.6. The van der Waals surface area contributed by atoms with Crippen LogP contribution in [0.2, 0.25) is 0 Å². The molecule has 0 aliphatic carbocycles. The molecule has 30 heavy (non-hydrogen) atoms. The minimum atomic E-state index is -1.00. The molecule has 0 amide bonds. The Morgan fingerprint density at radius 1 is 1.20 bits per heavy atom. The number of fused-ring (bicyclic) bond motifs is 2. The van der Waals surface area contributed by atoms with Gasteiger partial charge in [-0.15, -0.1) is 5.10 Å². The van der Waals surface area contributed by atoms with Gasteiger partial charge in [0.05, 0.1) is 31.3 Å². The second kappa shape index (κ2) is 8.25. The van der Waals surface area contributed by atoms with Crippen LogP contribution in [0, 0.1) is 0 Å². The summed E-state index contributed by atoms with van der Waals surface area (Å²) in [5, 5.41) is 5.63. The molecule has 0 bridgehead atoms. The Morgan fingerprint density at radius 3 is 2.90 bits per heavy atom. The van der Waals surface area contributed by atoms with Gasteiger partial charge in [-0.3, -0.25) is 4.57 Å². The van der Waals surface area contributed by atoms with E-state index >= 15 is 0 Å². The predicted molar refractivity (Wildman–Crippen MR) is 117 cm³/mol. The smallest absolute Gasteiger partial charge is 0.245 e. The summed E-state index contributed by atoms with van der Waals surface area (Å²) in [7, 11) is 0. The van der Waals surface area contributed by atoms with Crippen molar-refractivity contribution in [3.63, 3.8) is 0 Å². The van der Waals surface area contributed by atoms with E-state index in [1.165, 1.54) is 0 Å². The highest BCUT2D eigenvalue weighted by Crippen LogP contribution is 2.23. The van der Waals surface area contributed by atoms with Crippen molar-refractivity contribution in [2.45, 2.75) is 24.7 Å². The standard InChI is InChI=1S/C21H24N6O2S/c1-2-3-12-30(28)18-13-16-6-7-26(20(16)22-14-18)17-4-5-19-23-21(24-27(19)15-17)25-8-10-29-11-9-25/h4-7,13-15H,2-3,8-12H2,1H3. The van der Waals surface area contributed by atoms with Gasteiger partial charge in [-0.05, 0) is 35.8 Å². The minimum Gasteiger partial charge on any atom is -0.611 e. The van der Waals surface area contributed by atoms with Crippen LogP contribution in [0.15, 0.2) is 47.8 Å². The maximum atomic E-state index is 12.4. The van der Waals surface area contributed by atoms with Crippen molar-refractivity contribution in [1.29, 1.82) is 0 Å². The monoisotopic (exact) mass is 424 g/mol. The van der Waals surface area contributed by atoms with Crippen LogP contribution in [0.3, 0.4) is 0 Å². The van der Waals surface area contributed by atoms with Crippen LogP contribution >= 0.6 is 0 Å². The van der Waals surface area contributed by atoms with E-state index in [2.05, 4.69) is 26.9 Å². The molecule has 1 fully saturated rings. The number of aromatic nitrogens is 5. The molecular formula is C21H24N6O2S. The Morgan fingerprint density at radius 2 is 2.07 bits per heavy atom. The lowest BCUT2D eigenvalue weighted by molar-refractivity contribution is 0.122. The first kappa shape index (κ1) is 19.3. The number of ether oxygens (including phenoxy) is 1. The Labute approximate surface area is 177 Å². The van der Waals surface area contributed by atoms with Crippen LogP contribution in [0.1, 0.15) is 19.8 Å². The zero-order chi connectivity index (χ0) is 20.5. The van der Waals surface area contributed by atoms with Crippen molar-refractivity contribution < 1.29 is 9.29 Å². The van der Waals surface area contributed by atoms with Crippen LogP contribution in [0.25, 0.3) is 22.4 Å². The van der Waals surface area contributed by atoms with Crippen molar-refractivity contribution >= 4 is 33.8 Å². The second-order valence-corrected chi connectivity index (χ2v) is 8.94. The summed E-state index contributed by atoms with van der Waals surface area (Å²) in [5.41, 5.74) is 2.58. The lowest BCUT2D eigenvalue weighted by Crippen LogP contribution is -2.36. The van der Waals surface area contributed by atoms with Gasteiger partial charge in [-0.1, -0.05) is 13.3 Å². The lowest BCUT2D eigenvalue weighted by atomic mass is 10.3. The molecule has 1 atom stereocenters. The number of rotatable bonds is 6. The first-order valence-electron chi connectivity index (χ1n) is 10.3. The fourth-order valence-corrected chi connectivity index (χ4v) is 4.85. The summed E-state index contributed by atoms with van der Waals surface area (Å²) in [6, 6.07) is 7.97. The molecule has 0 N–H and O–H groups in total. The van der Waals surface area contributed by atoms with Crippen LogP contribution in [-0.4, -0.2) is 60.8 Å². The SMILES string of the molecule is CCCC[S+]([O-])c1cnc2c(ccn2-c2ccc3nc(N4CCOCC4)nn3c2)c1. The highest BCUT2D eigenvalue weighted by Gasteiger charge is 2.17. The van der Waals surface area contributed by atoms with E-state index in [4.69, 9.17) is 4.74 Å². The Kier molecular flexibility index (Phi) is 5.32. The average Bonchev–Trinajstić information content (AvgIpc) is 3.41. The molecule has 5 heterocycles. The maximum Gasteiger partial charge on any atom is 0.245 e. The molecule has 1 aliphatic rings.